The van der Waals surface area contributed by atoms with Crippen LogP contribution in [0.2, 0.25) is 0 Å². The molecule has 2 fully saturated rings. The zero-order valence-electron chi connectivity index (χ0n) is 26.2. The fraction of sp³-hybridized carbons (Fsp3) is 0.444. The van der Waals surface area contributed by atoms with Crippen molar-refractivity contribution in [2.45, 2.75) is 70.2 Å². The maximum Gasteiger partial charge on any atom is 0.243 e. The van der Waals surface area contributed by atoms with Crippen molar-refractivity contribution in [3.05, 3.63) is 95.1 Å². The maximum atomic E-state index is 12.5. The quantitative estimate of drug-likeness (QED) is 0.114. The second kappa shape index (κ2) is 17.3. The number of amides is 2. The number of benzene rings is 3. The van der Waals surface area contributed by atoms with Crippen molar-refractivity contribution in [1.82, 2.24) is 15.7 Å². The van der Waals surface area contributed by atoms with Gasteiger partial charge in [0.1, 0.15) is 0 Å². The molecule has 3 atom stereocenters. The molecule has 246 valence electrons. The molecule has 3 aromatic rings. The van der Waals surface area contributed by atoms with Gasteiger partial charge in [-0.15, -0.1) is 0 Å². The van der Waals surface area contributed by atoms with Gasteiger partial charge in [-0.05, 0) is 40.7 Å². The van der Waals surface area contributed by atoms with Crippen molar-refractivity contribution in [1.29, 1.82) is 0 Å². The van der Waals surface area contributed by atoms with Crippen LogP contribution in [0.25, 0.3) is 11.1 Å². The first-order valence-electron chi connectivity index (χ1n) is 16.2. The summed E-state index contributed by atoms with van der Waals surface area (Å²) in [5.74, 6) is -0.439. The molecule has 2 saturated heterocycles. The van der Waals surface area contributed by atoms with E-state index >= 15 is 0 Å². The highest BCUT2D eigenvalue weighted by atomic mass is 16.7. The molecule has 2 heterocycles. The minimum Gasteiger partial charge on any atom is -0.392 e. The van der Waals surface area contributed by atoms with E-state index in [1.807, 2.05) is 42.5 Å². The molecule has 0 aliphatic carbocycles. The predicted octanol–water partition coefficient (Wildman–Crippen LogP) is 4.80. The monoisotopic (exact) mass is 631 g/mol. The summed E-state index contributed by atoms with van der Waals surface area (Å²) in [5, 5.41) is 21.1. The molecule has 2 aliphatic heterocycles. The van der Waals surface area contributed by atoms with Gasteiger partial charge < -0.3 is 24.6 Å². The number of carbonyl (C=O) groups excluding carboxylic acids is 2. The van der Waals surface area contributed by atoms with Crippen molar-refractivity contribution in [3.63, 3.8) is 0 Å². The third kappa shape index (κ3) is 9.68. The van der Waals surface area contributed by atoms with E-state index in [0.717, 1.165) is 79.1 Å². The van der Waals surface area contributed by atoms with Crippen LogP contribution in [0.15, 0.2) is 72.8 Å². The summed E-state index contributed by atoms with van der Waals surface area (Å²) >= 11 is 0. The second-order valence-electron chi connectivity index (χ2n) is 11.9. The molecule has 2 aliphatic rings. The molecule has 46 heavy (non-hydrogen) atoms. The lowest BCUT2D eigenvalue weighted by molar-refractivity contribution is -0.253. The number of rotatable bonds is 14. The number of hydroxylamine groups is 1. The Morgan fingerprint density at radius 3 is 2.24 bits per heavy atom. The Labute approximate surface area is 270 Å². The first-order valence-corrected chi connectivity index (χ1v) is 16.2. The Morgan fingerprint density at radius 1 is 0.826 bits per heavy atom. The van der Waals surface area contributed by atoms with Gasteiger partial charge >= 0.3 is 0 Å². The number of aliphatic hydroxyl groups is 1. The fourth-order valence-electron chi connectivity index (χ4n) is 5.97. The van der Waals surface area contributed by atoms with Crippen LogP contribution in [0, 0.1) is 0 Å². The van der Waals surface area contributed by atoms with Crippen LogP contribution in [0.1, 0.15) is 73.2 Å². The first-order chi connectivity index (χ1) is 22.5. The van der Waals surface area contributed by atoms with Gasteiger partial charge in [-0.3, -0.25) is 19.7 Å². The minimum atomic E-state index is -0.524. The summed E-state index contributed by atoms with van der Waals surface area (Å²) in [5.41, 5.74) is 7.60. The Balaban J connectivity index is 1.22. The van der Waals surface area contributed by atoms with E-state index in [1.165, 1.54) is 0 Å². The lowest BCUT2D eigenvalue weighted by Gasteiger charge is -2.39. The Morgan fingerprint density at radius 2 is 1.52 bits per heavy atom. The normalized spacial score (nSPS) is 20.3. The van der Waals surface area contributed by atoms with E-state index in [9.17, 15) is 14.7 Å². The molecular formula is C36H45N3O7. The lowest BCUT2D eigenvalue weighted by Crippen LogP contribution is -2.44. The van der Waals surface area contributed by atoms with Crippen molar-refractivity contribution < 1.29 is 34.1 Å². The maximum absolute atomic E-state index is 12.5. The molecule has 5 rings (SSSR count). The van der Waals surface area contributed by atoms with Crippen LogP contribution in [0.4, 0.5) is 0 Å². The van der Waals surface area contributed by atoms with Crippen LogP contribution in [0.3, 0.4) is 0 Å². The van der Waals surface area contributed by atoms with E-state index in [-0.39, 0.29) is 31.1 Å². The summed E-state index contributed by atoms with van der Waals surface area (Å²) in [4.78, 5) is 26.0. The van der Waals surface area contributed by atoms with Crippen molar-refractivity contribution in [2.75, 3.05) is 32.8 Å². The zero-order valence-corrected chi connectivity index (χ0v) is 26.2. The average Bonchev–Trinajstić information content (AvgIpc) is 3.11. The minimum absolute atomic E-state index is 0.00803. The van der Waals surface area contributed by atoms with E-state index < -0.39 is 12.2 Å². The zero-order chi connectivity index (χ0) is 32.1. The number of hydrogen-bond acceptors (Lipinski definition) is 8. The van der Waals surface area contributed by atoms with Crippen LogP contribution in [-0.2, 0) is 37.0 Å². The second-order valence-corrected chi connectivity index (χ2v) is 11.9. The third-order valence-corrected chi connectivity index (χ3v) is 8.60. The van der Waals surface area contributed by atoms with Crippen LogP contribution < -0.4 is 10.8 Å². The molecule has 4 N–H and O–H groups in total. The van der Waals surface area contributed by atoms with Crippen LogP contribution >= 0.6 is 0 Å². The SMILES string of the molecule is O=C(CCCCCC(=O)NCc1ccccc1-c1ccc([C@H]2O[C@@H](CN3CCOCC3)C[C@@H](c3ccc(CO)cc3)O2)cc1)NO. The molecule has 0 saturated carbocycles. The van der Waals surface area contributed by atoms with E-state index in [4.69, 9.17) is 19.4 Å². The van der Waals surface area contributed by atoms with Gasteiger partial charge in [0.15, 0.2) is 6.29 Å². The molecule has 3 aromatic carbocycles. The highest BCUT2D eigenvalue weighted by Gasteiger charge is 2.33. The van der Waals surface area contributed by atoms with Crippen molar-refractivity contribution >= 4 is 11.8 Å². The molecule has 0 unspecified atom stereocenters. The molecule has 0 aromatic heterocycles. The fourth-order valence-corrected chi connectivity index (χ4v) is 5.97. The van der Waals surface area contributed by atoms with Gasteiger partial charge in [-0.2, -0.15) is 0 Å². The number of aliphatic hydroxyl groups excluding tert-OH is 1. The Hall–Kier alpha value is -3.64. The summed E-state index contributed by atoms with van der Waals surface area (Å²) in [6.45, 7) is 4.49. The average molecular weight is 632 g/mol. The van der Waals surface area contributed by atoms with Gasteiger partial charge in [-0.1, -0.05) is 79.2 Å². The Bertz CT molecular complexity index is 1390. The Kier molecular flexibility index (Phi) is 12.7. The smallest absolute Gasteiger partial charge is 0.243 e. The molecule has 0 bridgehead atoms. The summed E-state index contributed by atoms with van der Waals surface area (Å²) in [6, 6.07) is 24.2. The summed E-state index contributed by atoms with van der Waals surface area (Å²) in [6.07, 6.45) is 2.75. The van der Waals surface area contributed by atoms with Gasteiger partial charge in [0.2, 0.25) is 11.8 Å². The van der Waals surface area contributed by atoms with Gasteiger partial charge in [-0.25, -0.2) is 5.48 Å². The number of unbranched alkanes of at least 4 members (excludes halogenated alkanes) is 2. The number of carbonyl (C=O) groups is 2. The number of nitrogens with zero attached hydrogens (tertiary/aromatic N) is 1. The van der Waals surface area contributed by atoms with Gasteiger partial charge in [0.05, 0.1) is 32.0 Å². The molecule has 0 spiro atoms. The topological polar surface area (TPSA) is 130 Å². The number of morpholine rings is 1. The molecule has 10 heteroatoms. The van der Waals surface area contributed by atoms with Crippen LogP contribution in [0.5, 0.6) is 0 Å². The van der Waals surface area contributed by atoms with E-state index in [1.54, 1.807) is 5.48 Å². The number of nitrogens with one attached hydrogen (secondary N) is 2. The first kappa shape index (κ1) is 33.7. The summed E-state index contributed by atoms with van der Waals surface area (Å²) < 4.78 is 18.6. The van der Waals surface area contributed by atoms with Gasteiger partial charge in [0, 0.05) is 51.0 Å². The highest BCUT2D eigenvalue weighted by molar-refractivity contribution is 5.76. The van der Waals surface area contributed by atoms with Crippen LogP contribution in [-0.4, -0.2) is 66.0 Å². The third-order valence-electron chi connectivity index (χ3n) is 8.60. The molecule has 10 nitrogen and oxygen atoms in total. The molecular weight excluding hydrogens is 586 g/mol. The standard InChI is InChI=1S/C36H45N3O7/c40-25-26-10-12-28(13-11-26)33-22-31(24-39-18-20-44-21-19-39)45-36(46-33)29-16-14-27(15-17-29)32-7-5-4-6-30(32)23-37-34(41)8-2-1-3-9-35(42)38-43/h4-7,10-17,31,33,36,40,43H,1-3,8-9,18-25H2,(H,37,41)(H,38,42)/t31-,33+,36+/m1/s1. The van der Waals surface area contributed by atoms with E-state index in [0.29, 0.717) is 25.8 Å². The van der Waals surface area contributed by atoms with Crippen molar-refractivity contribution in [3.8, 4) is 11.1 Å². The highest BCUT2D eigenvalue weighted by Crippen LogP contribution is 2.39. The number of ether oxygens (including phenoxy) is 3. The van der Waals surface area contributed by atoms with E-state index in [2.05, 4.69) is 40.5 Å². The largest absolute Gasteiger partial charge is 0.392 e. The predicted molar refractivity (Wildman–Crippen MR) is 172 cm³/mol. The summed E-state index contributed by atoms with van der Waals surface area (Å²) in [7, 11) is 0. The lowest BCUT2D eigenvalue weighted by atomic mass is 9.97. The number of hydrogen-bond donors (Lipinski definition) is 4. The molecule has 0 radical (unpaired) electrons. The van der Waals surface area contributed by atoms with Crippen molar-refractivity contribution in [2.24, 2.45) is 0 Å². The molecule has 2 amide bonds. The van der Waals surface area contributed by atoms with Gasteiger partial charge in [0.25, 0.3) is 0 Å².